The van der Waals surface area contributed by atoms with Crippen LogP contribution in [0.25, 0.3) is 10.8 Å². The lowest BCUT2D eigenvalue weighted by atomic mass is 10.1. The van der Waals surface area contributed by atoms with Gasteiger partial charge in [0.25, 0.3) is 0 Å². The molecular weight excluding hydrogens is 182 g/mol. The molecule has 1 nitrogen and oxygen atoms in total. The van der Waals surface area contributed by atoms with E-state index in [4.69, 9.17) is 0 Å². The number of anilines is 1. The molecule has 0 aliphatic heterocycles. The molecule has 0 atom stereocenters. The van der Waals surface area contributed by atoms with Crippen LogP contribution in [-0.2, 0) is 0 Å². The van der Waals surface area contributed by atoms with Crippen molar-refractivity contribution in [2.24, 2.45) is 0 Å². The maximum atomic E-state index is 3.49. The molecule has 1 N–H and O–H groups in total. The first kappa shape index (κ1) is 10.0. The van der Waals surface area contributed by atoms with Crippen molar-refractivity contribution in [3.63, 3.8) is 0 Å². The highest BCUT2D eigenvalue weighted by atomic mass is 14.9. The average Bonchev–Trinajstić information content (AvgIpc) is 2.30. The van der Waals surface area contributed by atoms with Crippen molar-refractivity contribution >= 4 is 16.5 Å². The molecule has 0 aromatic heterocycles. The summed E-state index contributed by atoms with van der Waals surface area (Å²) < 4.78 is 0. The summed E-state index contributed by atoms with van der Waals surface area (Å²) in [6.45, 7) is 3.27. The van der Waals surface area contributed by atoms with E-state index in [1.54, 1.807) is 0 Å². The molecule has 0 aliphatic carbocycles. The van der Waals surface area contributed by atoms with Crippen LogP contribution in [0.3, 0.4) is 0 Å². The Hall–Kier alpha value is -1.50. The van der Waals surface area contributed by atoms with E-state index in [0.717, 1.165) is 6.54 Å². The molecule has 15 heavy (non-hydrogen) atoms. The van der Waals surface area contributed by atoms with E-state index >= 15 is 0 Å². The van der Waals surface area contributed by atoms with Gasteiger partial charge in [-0.2, -0.15) is 0 Å². The molecule has 2 rings (SSSR count). The highest BCUT2D eigenvalue weighted by Gasteiger charge is 1.97. The molecule has 0 bridgehead atoms. The van der Waals surface area contributed by atoms with Gasteiger partial charge in [-0.05, 0) is 17.9 Å². The Bertz CT molecular complexity index is 429. The summed E-state index contributed by atoms with van der Waals surface area (Å²) in [6.07, 6.45) is 2.46. The first-order valence-electron chi connectivity index (χ1n) is 5.63. The molecule has 78 valence electrons. The Labute approximate surface area is 91.1 Å². The minimum absolute atomic E-state index is 1.06. The zero-order valence-electron chi connectivity index (χ0n) is 9.16. The fourth-order valence-electron chi connectivity index (χ4n) is 1.78. The van der Waals surface area contributed by atoms with Crippen LogP contribution < -0.4 is 5.32 Å². The van der Waals surface area contributed by atoms with Crippen LogP contribution in [0, 0.1) is 0 Å². The largest absolute Gasteiger partial charge is 0.385 e. The Morgan fingerprint density at radius 3 is 2.67 bits per heavy atom. The van der Waals surface area contributed by atoms with Crippen LogP contribution in [-0.4, -0.2) is 6.54 Å². The second-order valence-corrected chi connectivity index (χ2v) is 3.81. The van der Waals surface area contributed by atoms with Crippen LogP contribution in [0.4, 0.5) is 5.69 Å². The Balaban J connectivity index is 2.26. The van der Waals surface area contributed by atoms with Crippen molar-refractivity contribution in [3.05, 3.63) is 42.5 Å². The molecule has 0 heterocycles. The molecule has 0 amide bonds. The van der Waals surface area contributed by atoms with Gasteiger partial charge in [0.05, 0.1) is 0 Å². The van der Waals surface area contributed by atoms with Gasteiger partial charge in [-0.25, -0.2) is 0 Å². The van der Waals surface area contributed by atoms with Gasteiger partial charge < -0.3 is 5.32 Å². The van der Waals surface area contributed by atoms with Gasteiger partial charge in [0.1, 0.15) is 0 Å². The second-order valence-electron chi connectivity index (χ2n) is 3.81. The van der Waals surface area contributed by atoms with Crippen molar-refractivity contribution in [1.29, 1.82) is 0 Å². The standard InChI is InChI=1S/C14H17N/c1-2-3-11-15-14-10-6-8-12-7-4-5-9-13(12)14/h4-10,15H,2-3,11H2,1H3. The van der Waals surface area contributed by atoms with Crippen molar-refractivity contribution < 1.29 is 0 Å². The highest BCUT2D eigenvalue weighted by molar-refractivity contribution is 5.93. The minimum Gasteiger partial charge on any atom is -0.385 e. The van der Waals surface area contributed by atoms with Gasteiger partial charge in [0.15, 0.2) is 0 Å². The quantitative estimate of drug-likeness (QED) is 0.732. The van der Waals surface area contributed by atoms with Crippen LogP contribution >= 0.6 is 0 Å². The molecule has 2 aromatic carbocycles. The van der Waals surface area contributed by atoms with E-state index in [1.807, 2.05) is 0 Å². The predicted molar refractivity (Wildman–Crippen MR) is 67.3 cm³/mol. The number of nitrogens with one attached hydrogen (secondary N) is 1. The van der Waals surface area contributed by atoms with E-state index in [1.165, 1.54) is 29.3 Å². The SMILES string of the molecule is CCCCNc1cccc2ccccc12. The molecule has 0 fully saturated rings. The zero-order chi connectivity index (χ0) is 10.5. The van der Waals surface area contributed by atoms with Gasteiger partial charge in [-0.3, -0.25) is 0 Å². The normalized spacial score (nSPS) is 10.5. The van der Waals surface area contributed by atoms with Crippen LogP contribution in [0.1, 0.15) is 19.8 Å². The van der Waals surface area contributed by atoms with Gasteiger partial charge in [0, 0.05) is 17.6 Å². The third kappa shape index (κ3) is 2.30. The van der Waals surface area contributed by atoms with E-state index in [9.17, 15) is 0 Å². The van der Waals surface area contributed by atoms with E-state index in [0.29, 0.717) is 0 Å². The number of fused-ring (bicyclic) bond motifs is 1. The maximum absolute atomic E-state index is 3.49. The van der Waals surface area contributed by atoms with Gasteiger partial charge in [0.2, 0.25) is 0 Å². The molecule has 1 heteroatoms. The third-order valence-electron chi connectivity index (χ3n) is 2.64. The first-order chi connectivity index (χ1) is 7.42. The van der Waals surface area contributed by atoms with Crippen LogP contribution in [0.5, 0.6) is 0 Å². The fraction of sp³-hybridized carbons (Fsp3) is 0.286. The first-order valence-corrected chi connectivity index (χ1v) is 5.63. The fourth-order valence-corrected chi connectivity index (χ4v) is 1.78. The lowest BCUT2D eigenvalue weighted by Crippen LogP contribution is -2.00. The Morgan fingerprint density at radius 2 is 1.80 bits per heavy atom. The monoisotopic (exact) mass is 199 g/mol. The number of benzene rings is 2. The Morgan fingerprint density at radius 1 is 1.00 bits per heavy atom. The van der Waals surface area contributed by atoms with Crippen LogP contribution in [0.2, 0.25) is 0 Å². The number of hydrogen-bond acceptors (Lipinski definition) is 1. The lowest BCUT2D eigenvalue weighted by molar-refractivity contribution is 0.835. The number of hydrogen-bond donors (Lipinski definition) is 1. The summed E-state index contributed by atoms with van der Waals surface area (Å²) in [5.74, 6) is 0. The summed E-state index contributed by atoms with van der Waals surface area (Å²) in [5, 5.41) is 6.11. The summed E-state index contributed by atoms with van der Waals surface area (Å²) in [4.78, 5) is 0. The highest BCUT2D eigenvalue weighted by Crippen LogP contribution is 2.22. The Kier molecular flexibility index (Phi) is 3.23. The van der Waals surface area contributed by atoms with Crippen molar-refractivity contribution in [1.82, 2.24) is 0 Å². The van der Waals surface area contributed by atoms with Gasteiger partial charge in [-0.1, -0.05) is 49.7 Å². The van der Waals surface area contributed by atoms with E-state index in [2.05, 4.69) is 54.7 Å². The maximum Gasteiger partial charge on any atom is 0.0419 e. The van der Waals surface area contributed by atoms with Crippen molar-refractivity contribution in [3.8, 4) is 0 Å². The third-order valence-corrected chi connectivity index (χ3v) is 2.64. The molecule has 0 spiro atoms. The van der Waals surface area contributed by atoms with E-state index in [-0.39, 0.29) is 0 Å². The van der Waals surface area contributed by atoms with Crippen LogP contribution in [0.15, 0.2) is 42.5 Å². The molecule has 0 unspecified atom stereocenters. The van der Waals surface area contributed by atoms with E-state index < -0.39 is 0 Å². The van der Waals surface area contributed by atoms with Crippen molar-refractivity contribution in [2.45, 2.75) is 19.8 Å². The smallest absolute Gasteiger partial charge is 0.0419 e. The summed E-state index contributed by atoms with van der Waals surface area (Å²) >= 11 is 0. The minimum atomic E-state index is 1.06. The second kappa shape index (κ2) is 4.83. The summed E-state index contributed by atoms with van der Waals surface area (Å²) in [7, 11) is 0. The van der Waals surface area contributed by atoms with Gasteiger partial charge in [-0.15, -0.1) is 0 Å². The number of rotatable bonds is 4. The van der Waals surface area contributed by atoms with Gasteiger partial charge >= 0.3 is 0 Å². The molecule has 0 aliphatic rings. The molecular formula is C14H17N. The average molecular weight is 199 g/mol. The number of unbranched alkanes of at least 4 members (excludes halogenated alkanes) is 1. The lowest BCUT2D eigenvalue weighted by Gasteiger charge is -2.08. The molecule has 0 saturated heterocycles. The molecule has 0 saturated carbocycles. The topological polar surface area (TPSA) is 12.0 Å². The molecule has 0 radical (unpaired) electrons. The summed E-state index contributed by atoms with van der Waals surface area (Å²) in [5.41, 5.74) is 1.25. The zero-order valence-corrected chi connectivity index (χ0v) is 9.16. The van der Waals surface area contributed by atoms with Crippen molar-refractivity contribution in [2.75, 3.05) is 11.9 Å². The summed E-state index contributed by atoms with van der Waals surface area (Å²) in [6, 6.07) is 14.9. The molecule has 2 aromatic rings. The predicted octanol–water partition coefficient (Wildman–Crippen LogP) is 4.05.